The highest BCUT2D eigenvalue weighted by molar-refractivity contribution is 5.28. The fraction of sp³-hybridized carbons (Fsp3) is 0.625. The molecule has 0 aromatic heterocycles. The van der Waals surface area contributed by atoms with Gasteiger partial charge in [0.1, 0.15) is 0 Å². The Bertz CT molecular complexity index is 386. The van der Waals surface area contributed by atoms with Gasteiger partial charge in [0, 0.05) is 12.6 Å². The van der Waals surface area contributed by atoms with Crippen LogP contribution in [0, 0.1) is 6.92 Å². The monoisotopic (exact) mass is 263 g/mol. The van der Waals surface area contributed by atoms with E-state index in [0.717, 1.165) is 13.0 Å². The molecule has 1 aliphatic rings. The Morgan fingerprint density at radius 1 is 1.37 bits per heavy atom. The van der Waals surface area contributed by atoms with E-state index in [1.807, 2.05) is 19.1 Å². The van der Waals surface area contributed by atoms with Crippen LogP contribution in [0.3, 0.4) is 0 Å². The van der Waals surface area contributed by atoms with Gasteiger partial charge in [0.2, 0.25) is 0 Å². The summed E-state index contributed by atoms with van der Waals surface area (Å²) in [6.45, 7) is 5.60. The molecule has 0 aliphatic carbocycles. The van der Waals surface area contributed by atoms with Crippen molar-refractivity contribution in [3.63, 3.8) is 0 Å². The predicted molar refractivity (Wildman–Crippen MR) is 77.1 cm³/mol. The van der Waals surface area contributed by atoms with Gasteiger partial charge in [0.25, 0.3) is 0 Å². The van der Waals surface area contributed by atoms with Gasteiger partial charge < -0.3 is 15.2 Å². The molecule has 106 valence electrons. The molecule has 0 amide bonds. The van der Waals surface area contributed by atoms with Crippen molar-refractivity contribution in [2.45, 2.75) is 51.4 Å². The first-order valence-electron chi connectivity index (χ1n) is 7.23. The zero-order valence-corrected chi connectivity index (χ0v) is 12.0. The molecule has 1 aromatic rings. The molecule has 1 fully saturated rings. The van der Waals surface area contributed by atoms with E-state index in [-0.39, 0.29) is 18.2 Å². The lowest BCUT2D eigenvalue weighted by molar-refractivity contribution is -0.0682. The maximum absolute atomic E-state index is 6.09. The summed E-state index contributed by atoms with van der Waals surface area (Å²) in [5, 5.41) is 0. The van der Waals surface area contributed by atoms with E-state index >= 15 is 0 Å². The minimum Gasteiger partial charge on any atom is -0.376 e. The second-order valence-electron chi connectivity index (χ2n) is 5.46. The van der Waals surface area contributed by atoms with Crippen molar-refractivity contribution < 1.29 is 9.47 Å². The zero-order valence-electron chi connectivity index (χ0n) is 12.0. The van der Waals surface area contributed by atoms with E-state index in [0.29, 0.717) is 6.61 Å². The molecule has 0 bridgehead atoms. The summed E-state index contributed by atoms with van der Waals surface area (Å²) in [5.41, 5.74) is 8.51. The van der Waals surface area contributed by atoms with Gasteiger partial charge in [-0.05, 0) is 44.2 Å². The summed E-state index contributed by atoms with van der Waals surface area (Å²) in [5.74, 6) is 0. The van der Waals surface area contributed by atoms with Gasteiger partial charge >= 0.3 is 0 Å². The lowest BCUT2D eigenvalue weighted by Crippen LogP contribution is -2.32. The molecule has 3 atom stereocenters. The Labute approximate surface area is 116 Å². The van der Waals surface area contributed by atoms with Gasteiger partial charge in [-0.2, -0.15) is 0 Å². The minimum absolute atomic E-state index is 0.0234. The first-order chi connectivity index (χ1) is 9.18. The van der Waals surface area contributed by atoms with Crippen LogP contribution in [0.2, 0.25) is 0 Å². The number of ether oxygens (including phenoxy) is 2. The molecule has 19 heavy (non-hydrogen) atoms. The van der Waals surface area contributed by atoms with Crippen LogP contribution in [0.25, 0.3) is 0 Å². The predicted octanol–water partition coefficient (Wildman–Crippen LogP) is 2.97. The molecule has 3 heteroatoms. The standard InChI is InChI=1S/C16H25NO2/c1-12-7-3-4-9-15(12)16(13(2)17)19-11-14-8-5-6-10-18-14/h3-4,7,9,13-14,16H,5-6,8,10-11,17H2,1-2H3. The molecular weight excluding hydrogens is 238 g/mol. The number of aryl methyl sites for hydroxylation is 1. The van der Waals surface area contributed by atoms with E-state index < -0.39 is 0 Å². The van der Waals surface area contributed by atoms with Crippen LogP contribution in [0.15, 0.2) is 24.3 Å². The summed E-state index contributed by atoms with van der Waals surface area (Å²) in [6.07, 6.45) is 3.69. The average molecular weight is 263 g/mol. The summed E-state index contributed by atoms with van der Waals surface area (Å²) < 4.78 is 11.8. The fourth-order valence-corrected chi connectivity index (χ4v) is 2.58. The van der Waals surface area contributed by atoms with Crippen LogP contribution in [-0.2, 0) is 9.47 Å². The molecule has 0 spiro atoms. The van der Waals surface area contributed by atoms with E-state index in [1.165, 1.54) is 24.0 Å². The molecule has 3 nitrogen and oxygen atoms in total. The van der Waals surface area contributed by atoms with Crippen LogP contribution in [0.5, 0.6) is 0 Å². The van der Waals surface area contributed by atoms with Crippen molar-refractivity contribution in [2.75, 3.05) is 13.2 Å². The van der Waals surface area contributed by atoms with Crippen molar-refractivity contribution >= 4 is 0 Å². The number of benzene rings is 1. The van der Waals surface area contributed by atoms with E-state index in [9.17, 15) is 0 Å². The number of nitrogens with two attached hydrogens (primary N) is 1. The first-order valence-corrected chi connectivity index (χ1v) is 7.23. The Hall–Kier alpha value is -0.900. The van der Waals surface area contributed by atoms with Crippen molar-refractivity contribution in [1.29, 1.82) is 0 Å². The Morgan fingerprint density at radius 3 is 2.79 bits per heavy atom. The molecule has 2 N–H and O–H groups in total. The maximum Gasteiger partial charge on any atom is 0.0976 e. The molecule has 1 aromatic carbocycles. The average Bonchev–Trinajstić information content (AvgIpc) is 2.42. The Kier molecular flexibility index (Phi) is 5.37. The molecule has 1 heterocycles. The molecular formula is C16H25NO2. The second kappa shape index (κ2) is 7.04. The summed E-state index contributed by atoms with van der Waals surface area (Å²) in [7, 11) is 0. The normalized spacial score (nSPS) is 23.0. The van der Waals surface area contributed by atoms with Gasteiger partial charge in [-0.3, -0.25) is 0 Å². The topological polar surface area (TPSA) is 44.5 Å². The highest BCUT2D eigenvalue weighted by Crippen LogP contribution is 2.25. The lowest BCUT2D eigenvalue weighted by Gasteiger charge is -2.28. The number of hydrogen-bond acceptors (Lipinski definition) is 3. The SMILES string of the molecule is Cc1ccccc1C(OCC1CCCCO1)C(C)N. The fourth-order valence-electron chi connectivity index (χ4n) is 2.58. The molecule has 3 unspecified atom stereocenters. The van der Waals surface area contributed by atoms with Crippen molar-refractivity contribution in [2.24, 2.45) is 5.73 Å². The summed E-state index contributed by atoms with van der Waals surface area (Å²) >= 11 is 0. The highest BCUT2D eigenvalue weighted by Gasteiger charge is 2.21. The number of hydrogen-bond donors (Lipinski definition) is 1. The van der Waals surface area contributed by atoms with Gasteiger partial charge in [-0.1, -0.05) is 24.3 Å². The third kappa shape index (κ3) is 4.03. The third-order valence-corrected chi connectivity index (χ3v) is 3.71. The third-order valence-electron chi connectivity index (χ3n) is 3.71. The first kappa shape index (κ1) is 14.5. The number of rotatable bonds is 5. The molecule has 0 radical (unpaired) electrons. The quantitative estimate of drug-likeness (QED) is 0.888. The summed E-state index contributed by atoms with van der Waals surface area (Å²) in [6, 6.07) is 8.26. The van der Waals surface area contributed by atoms with Gasteiger partial charge in [0.05, 0.1) is 18.8 Å². The molecule has 1 saturated heterocycles. The van der Waals surface area contributed by atoms with Crippen LogP contribution in [0.4, 0.5) is 0 Å². The Morgan fingerprint density at radius 2 is 2.16 bits per heavy atom. The van der Waals surface area contributed by atoms with Gasteiger partial charge in [-0.15, -0.1) is 0 Å². The molecule has 0 saturated carbocycles. The second-order valence-corrected chi connectivity index (χ2v) is 5.46. The largest absolute Gasteiger partial charge is 0.376 e. The summed E-state index contributed by atoms with van der Waals surface area (Å²) in [4.78, 5) is 0. The van der Waals surface area contributed by atoms with Crippen molar-refractivity contribution in [1.82, 2.24) is 0 Å². The van der Waals surface area contributed by atoms with Crippen molar-refractivity contribution in [3.05, 3.63) is 35.4 Å². The zero-order chi connectivity index (χ0) is 13.7. The molecule has 2 rings (SSSR count). The van der Waals surface area contributed by atoms with Crippen LogP contribution in [0.1, 0.15) is 43.4 Å². The van der Waals surface area contributed by atoms with Gasteiger partial charge in [0.15, 0.2) is 0 Å². The minimum atomic E-state index is -0.0493. The smallest absolute Gasteiger partial charge is 0.0976 e. The van der Waals surface area contributed by atoms with Gasteiger partial charge in [-0.25, -0.2) is 0 Å². The molecule has 1 aliphatic heterocycles. The maximum atomic E-state index is 6.09. The van der Waals surface area contributed by atoms with E-state index in [4.69, 9.17) is 15.2 Å². The Balaban J connectivity index is 1.98. The van der Waals surface area contributed by atoms with E-state index in [1.54, 1.807) is 0 Å². The van der Waals surface area contributed by atoms with Crippen molar-refractivity contribution in [3.8, 4) is 0 Å². The van der Waals surface area contributed by atoms with E-state index in [2.05, 4.69) is 19.1 Å². The lowest BCUT2D eigenvalue weighted by atomic mass is 9.99. The van der Waals surface area contributed by atoms with Crippen LogP contribution < -0.4 is 5.73 Å². The highest BCUT2D eigenvalue weighted by atomic mass is 16.5. The van der Waals surface area contributed by atoms with Crippen LogP contribution >= 0.6 is 0 Å². The van der Waals surface area contributed by atoms with Crippen LogP contribution in [-0.4, -0.2) is 25.4 Å².